The molecule has 446 valence electrons. The quantitative estimate of drug-likeness (QED) is 0.0302. The average molecular weight is 1130 g/mol. The molecule has 0 amide bonds. The number of carbonyl (C=O) groups excluding carboxylic acids is 1. The Labute approximate surface area is 455 Å². The maximum atomic E-state index is 14.8. The number of fused-ring (bicyclic) bond motifs is 3. The van der Waals surface area contributed by atoms with Crippen LogP contribution in [0.2, 0.25) is 0 Å². The van der Waals surface area contributed by atoms with Crippen molar-refractivity contribution in [2.45, 2.75) is 213 Å². The number of hydrogen-bond acceptors (Lipinski definition) is 25. The second-order valence-electron chi connectivity index (χ2n) is 23.7. The smallest absolute Gasteiger partial charge is 0.321 e. The number of aliphatic hydroxyl groups excluding tert-OH is 14. The molecule has 0 aromatic heterocycles. The van der Waals surface area contributed by atoms with Gasteiger partial charge in [-0.1, -0.05) is 55.8 Å². The van der Waals surface area contributed by atoms with Gasteiger partial charge in [-0.2, -0.15) is 0 Å². The number of esters is 1. The SMILES string of the molecule is C=C1CC23CC[C@H]4[C@@](C)(CCC[C@@]4(C)C(=O)OC4O[C@H](C(O)N[C@H](Cc5ccccc5)C(=O)O)[C@@H](O)[C@H](O)[C@H]4O)[C@@H]2CC(O[C@@H]2O[C@H](CO)[C@@H](O)C(O[C@@H]4O[C@H](CO)[C@@H](O)[C@H](O)[C@H]4O)[C@H]2O[C@@H]2O[C@H](CO)[C@@H](O)[C@H](O)[C@H]2O)C1C3. The molecular weight excluding hydrogens is 1050 g/mol. The highest BCUT2D eigenvalue weighted by atomic mass is 16.8. The average Bonchev–Trinajstić information content (AvgIpc) is 3.91. The van der Waals surface area contributed by atoms with Crippen molar-refractivity contribution in [3.63, 3.8) is 0 Å². The van der Waals surface area contributed by atoms with Crippen LogP contribution in [0.15, 0.2) is 42.5 Å². The molecule has 4 saturated carbocycles. The molecule has 2 bridgehead atoms. The number of rotatable bonds is 17. The molecule has 4 aliphatic carbocycles. The monoisotopic (exact) mass is 1130 g/mol. The third-order valence-corrected chi connectivity index (χ3v) is 19.0. The van der Waals surface area contributed by atoms with Crippen LogP contribution in [0.3, 0.4) is 0 Å². The van der Waals surface area contributed by atoms with Gasteiger partial charge < -0.3 is 114 Å². The minimum Gasteiger partial charge on any atom is -0.480 e. The van der Waals surface area contributed by atoms with Crippen molar-refractivity contribution < 1.29 is 124 Å². The van der Waals surface area contributed by atoms with E-state index in [-0.39, 0.29) is 29.6 Å². The van der Waals surface area contributed by atoms with Crippen molar-refractivity contribution in [1.29, 1.82) is 0 Å². The van der Waals surface area contributed by atoms with Crippen LogP contribution < -0.4 is 5.32 Å². The normalized spacial score (nSPS) is 48.8. The first-order valence-electron chi connectivity index (χ1n) is 27.2. The predicted octanol–water partition coefficient (Wildman–Crippen LogP) is -4.65. The Balaban J connectivity index is 0.967. The van der Waals surface area contributed by atoms with Crippen molar-refractivity contribution in [2.75, 3.05) is 19.8 Å². The van der Waals surface area contributed by atoms with Crippen LogP contribution in [0.25, 0.3) is 0 Å². The zero-order valence-electron chi connectivity index (χ0n) is 43.9. The van der Waals surface area contributed by atoms with Gasteiger partial charge in [0.05, 0.1) is 31.3 Å². The molecule has 4 saturated heterocycles. The largest absolute Gasteiger partial charge is 0.480 e. The fourth-order valence-corrected chi connectivity index (χ4v) is 14.8. The minimum absolute atomic E-state index is 0.0742. The Hall–Kier alpha value is -2.98. The van der Waals surface area contributed by atoms with Crippen molar-refractivity contribution in [1.82, 2.24) is 5.32 Å². The lowest BCUT2D eigenvalue weighted by atomic mass is 9.41. The zero-order valence-corrected chi connectivity index (χ0v) is 43.9. The predicted molar refractivity (Wildman–Crippen MR) is 263 cm³/mol. The summed E-state index contributed by atoms with van der Waals surface area (Å²) in [5.41, 5.74) is -0.714. The summed E-state index contributed by atoms with van der Waals surface area (Å²) in [7, 11) is 0. The molecule has 0 radical (unpaired) electrons. The molecule has 4 aliphatic heterocycles. The van der Waals surface area contributed by atoms with Crippen molar-refractivity contribution in [3.05, 3.63) is 48.0 Å². The number of aliphatic carboxylic acids is 1. The first kappa shape index (κ1) is 60.6. The molecule has 8 fully saturated rings. The summed E-state index contributed by atoms with van der Waals surface area (Å²) in [6.45, 7) is 5.85. The van der Waals surface area contributed by atoms with Crippen LogP contribution in [0.5, 0.6) is 0 Å². The van der Waals surface area contributed by atoms with E-state index in [0.717, 1.165) is 5.57 Å². The topological polar surface area (TPSA) is 423 Å². The third-order valence-electron chi connectivity index (χ3n) is 19.0. The van der Waals surface area contributed by atoms with Gasteiger partial charge in [0, 0.05) is 5.92 Å². The molecular formula is C53H79NO25. The van der Waals surface area contributed by atoms with E-state index in [1.54, 1.807) is 37.3 Å². The van der Waals surface area contributed by atoms with Gasteiger partial charge in [-0.05, 0) is 86.5 Å². The van der Waals surface area contributed by atoms with Crippen molar-refractivity contribution >= 4 is 11.9 Å². The minimum atomic E-state index is -1.99. The first-order valence-corrected chi connectivity index (χ1v) is 27.2. The Morgan fingerprint density at radius 3 is 1.82 bits per heavy atom. The van der Waals surface area contributed by atoms with Gasteiger partial charge >= 0.3 is 11.9 Å². The van der Waals surface area contributed by atoms with Gasteiger partial charge in [0.15, 0.2) is 18.9 Å². The molecule has 1 aromatic carbocycles. The van der Waals surface area contributed by atoms with Crippen LogP contribution in [0.4, 0.5) is 0 Å². The maximum Gasteiger partial charge on any atom is 0.321 e. The molecule has 29 atom stereocenters. The maximum absolute atomic E-state index is 14.8. The summed E-state index contributed by atoms with van der Waals surface area (Å²) in [4.78, 5) is 27.1. The molecule has 1 spiro atoms. The third kappa shape index (κ3) is 11.2. The highest BCUT2D eigenvalue weighted by Gasteiger charge is 2.68. The Kier molecular flexibility index (Phi) is 18.4. The summed E-state index contributed by atoms with van der Waals surface area (Å²) in [6, 6.07) is 7.18. The van der Waals surface area contributed by atoms with Crippen LogP contribution in [-0.2, 0) is 53.9 Å². The summed E-state index contributed by atoms with van der Waals surface area (Å²) in [5, 5.41) is 164. The van der Waals surface area contributed by atoms with Crippen molar-refractivity contribution in [3.8, 4) is 0 Å². The summed E-state index contributed by atoms with van der Waals surface area (Å²) in [6.07, 6.45) is -34.8. The number of carboxylic acids is 1. The summed E-state index contributed by atoms with van der Waals surface area (Å²) >= 11 is 0. The molecule has 6 unspecified atom stereocenters. The Morgan fingerprint density at radius 1 is 0.671 bits per heavy atom. The number of carbonyl (C=O) groups is 2. The van der Waals surface area contributed by atoms with E-state index >= 15 is 0 Å². The van der Waals surface area contributed by atoms with E-state index in [2.05, 4.69) is 18.8 Å². The van der Waals surface area contributed by atoms with E-state index in [1.165, 1.54) is 0 Å². The highest BCUT2D eigenvalue weighted by molar-refractivity contribution is 5.77. The van der Waals surface area contributed by atoms with Gasteiger partial charge in [0.2, 0.25) is 6.29 Å². The number of carboxylic acid groups (broad SMARTS) is 1. The zero-order chi connectivity index (χ0) is 57.2. The highest BCUT2D eigenvalue weighted by Crippen LogP contribution is 2.72. The molecule has 8 aliphatic rings. The molecule has 9 rings (SSSR count). The van der Waals surface area contributed by atoms with Gasteiger partial charge in [0.25, 0.3) is 0 Å². The Bertz CT molecular complexity index is 2270. The van der Waals surface area contributed by atoms with E-state index in [9.17, 15) is 86.2 Å². The molecule has 26 nitrogen and oxygen atoms in total. The van der Waals surface area contributed by atoms with E-state index < -0.39 is 184 Å². The van der Waals surface area contributed by atoms with E-state index in [4.69, 9.17) is 37.9 Å². The lowest BCUT2D eigenvalue weighted by Crippen LogP contribution is -2.67. The lowest BCUT2D eigenvalue weighted by Gasteiger charge is -2.64. The second-order valence-corrected chi connectivity index (χ2v) is 23.7. The molecule has 16 N–H and O–H groups in total. The number of nitrogens with one attached hydrogen (secondary N) is 1. The fourth-order valence-electron chi connectivity index (χ4n) is 14.8. The van der Waals surface area contributed by atoms with E-state index in [0.29, 0.717) is 56.9 Å². The van der Waals surface area contributed by atoms with Gasteiger partial charge in [-0.3, -0.25) is 14.9 Å². The molecule has 1 aromatic rings. The fraction of sp³-hybridized carbons (Fsp3) is 0.811. The standard InChI is InChI=1S/C53H79NO25/c1-21-16-53-13-10-29-51(2,11-7-12-52(29,3)50(71)79-48-40(67)36(63)37(64)42(77-48)44(68)54-24(45(69)70)14-22-8-5-4-6-9-22)30(53)15-25(23(21)17-53)72-49-43(78-47-39(66)35(62)32(59)27(19-56)74-47)41(33(60)28(20-57)75-49)76-46-38(65)34(61)31(58)26(18-55)73-46/h4-6,8-9,23-44,46-49,54-68H,1,7,10-20H2,2-3H3,(H,69,70)/t23?,24-,25?,26-,27-,28-,29+,30+,31-,32-,33-,34+,35+,36+,37+,38-,39-,40-,41?,42+,43-,44?,46+,47+,48?,49-,51-,52-,53?/m1/s1. The number of benzene rings is 1. The molecule has 79 heavy (non-hydrogen) atoms. The number of aliphatic hydroxyl groups is 14. The van der Waals surface area contributed by atoms with Crippen LogP contribution in [0, 0.1) is 34.0 Å². The van der Waals surface area contributed by atoms with Gasteiger partial charge in [0.1, 0.15) is 110 Å². The van der Waals surface area contributed by atoms with E-state index in [1.807, 2.05) is 0 Å². The second kappa shape index (κ2) is 23.9. The number of ether oxygens (including phenoxy) is 8. The first-order chi connectivity index (χ1) is 37.4. The van der Waals surface area contributed by atoms with Crippen LogP contribution in [0.1, 0.15) is 70.8 Å². The van der Waals surface area contributed by atoms with Crippen LogP contribution in [-0.4, -0.2) is 250 Å². The molecule has 4 heterocycles. The lowest BCUT2D eigenvalue weighted by molar-refractivity contribution is -0.397. The van der Waals surface area contributed by atoms with Gasteiger partial charge in [-0.25, -0.2) is 0 Å². The van der Waals surface area contributed by atoms with Gasteiger partial charge in [-0.15, -0.1) is 0 Å². The summed E-state index contributed by atoms with van der Waals surface area (Å²) < 4.78 is 48.7. The summed E-state index contributed by atoms with van der Waals surface area (Å²) in [5.74, 6) is -3.00. The van der Waals surface area contributed by atoms with Crippen LogP contribution >= 0.6 is 0 Å². The Morgan fingerprint density at radius 2 is 1.23 bits per heavy atom. The number of hydrogen-bond donors (Lipinski definition) is 16. The molecule has 26 heteroatoms. The van der Waals surface area contributed by atoms with Crippen molar-refractivity contribution in [2.24, 2.45) is 34.0 Å².